The molecule has 134 valence electrons. The van der Waals surface area contributed by atoms with Gasteiger partial charge in [-0.15, -0.1) is 11.3 Å². The number of nitrogens with one attached hydrogen (secondary N) is 1. The molecule has 0 bridgehead atoms. The normalized spacial score (nSPS) is 10.5. The summed E-state index contributed by atoms with van der Waals surface area (Å²) in [4.78, 5) is 14.5. The Bertz CT molecular complexity index is 874. The van der Waals surface area contributed by atoms with Gasteiger partial charge in [-0.1, -0.05) is 48.5 Å². The van der Waals surface area contributed by atoms with Crippen LogP contribution in [0.4, 0.5) is 5.69 Å². The van der Waals surface area contributed by atoms with Crippen LogP contribution in [-0.2, 0) is 11.3 Å². The molecule has 0 aliphatic heterocycles. The fraction of sp³-hybridized carbons (Fsp3) is 0.190. The van der Waals surface area contributed by atoms with Crippen molar-refractivity contribution in [1.82, 2.24) is 0 Å². The van der Waals surface area contributed by atoms with Gasteiger partial charge >= 0.3 is 0 Å². The molecule has 4 nitrogen and oxygen atoms in total. The van der Waals surface area contributed by atoms with Crippen LogP contribution in [0.2, 0.25) is 0 Å². The number of carbonyl (C=O) groups is 1. The summed E-state index contributed by atoms with van der Waals surface area (Å²) >= 11 is 1.43. The Balaban J connectivity index is 1.90. The van der Waals surface area contributed by atoms with Gasteiger partial charge in [0.2, 0.25) is 0 Å². The molecule has 1 amide bonds. The molecule has 5 heteroatoms. The Morgan fingerprint density at radius 1 is 1.08 bits per heavy atom. The molecule has 0 saturated carbocycles. The average Bonchev–Trinajstić information content (AvgIpc) is 3.09. The second-order valence-electron chi connectivity index (χ2n) is 5.65. The predicted molar refractivity (Wildman–Crippen MR) is 106 cm³/mol. The van der Waals surface area contributed by atoms with E-state index in [-0.39, 0.29) is 5.91 Å². The van der Waals surface area contributed by atoms with Gasteiger partial charge in [0.05, 0.1) is 13.2 Å². The molecular weight excluding hydrogens is 346 g/mol. The summed E-state index contributed by atoms with van der Waals surface area (Å²) in [6.07, 6.45) is 0. The highest BCUT2D eigenvalue weighted by Gasteiger charge is 2.19. The minimum Gasteiger partial charge on any atom is -0.492 e. The van der Waals surface area contributed by atoms with Crippen LogP contribution in [-0.4, -0.2) is 19.6 Å². The van der Waals surface area contributed by atoms with E-state index in [1.807, 2.05) is 67.6 Å². The molecule has 1 heterocycles. The van der Waals surface area contributed by atoms with Crippen LogP contribution < -0.4 is 10.1 Å². The lowest BCUT2D eigenvalue weighted by atomic mass is 10.2. The van der Waals surface area contributed by atoms with Gasteiger partial charge in [-0.05, 0) is 24.6 Å². The summed E-state index contributed by atoms with van der Waals surface area (Å²) in [7, 11) is 1.64. The first-order valence-corrected chi connectivity index (χ1v) is 9.24. The number of ether oxygens (including phenoxy) is 2. The smallest absolute Gasteiger partial charge is 0.269 e. The first-order chi connectivity index (χ1) is 12.7. The topological polar surface area (TPSA) is 47.6 Å². The Morgan fingerprint density at radius 3 is 2.54 bits per heavy atom. The van der Waals surface area contributed by atoms with Crippen molar-refractivity contribution in [2.24, 2.45) is 0 Å². The second-order valence-corrected chi connectivity index (χ2v) is 6.70. The molecule has 0 aliphatic carbocycles. The number of anilines is 1. The number of methoxy groups -OCH3 is 1. The Labute approximate surface area is 157 Å². The Kier molecular flexibility index (Phi) is 6.04. The van der Waals surface area contributed by atoms with Crippen LogP contribution in [0.5, 0.6) is 5.75 Å². The number of benzene rings is 2. The molecule has 1 aromatic heterocycles. The summed E-state index contributed by atoms with van der Waals surface area (Å²) in [5.74, 6) is 0.433. The zero-order valence-electron chi connectivity index (χ0n) is 14.8. The van der Waals surface area contributed by atoms with Gasteiger partial charge in [-0.3, -0.25) is 4.79 Å². The lowest BCUT2D eigenvalue weighted by molar-refractivity contribution is 0.102. The first kappa shape index (κ1) is 18.2. The molecule has 1 N–H and O–H groups in total. The van der Waals surface area contributed by atoms with E-state index in [0.717, 1.165) is 21.7 Å². The fourth-order valence-electron chi connectivity index (χ4n) is 2.64. The highest BCUT2D eigenvalue weighted by atomic mass is 32.1. The van der Waals surface area contributed by atoms with Crippen molar-refractivity contribution >= 4 is 22.9 Å². The maximum atomic E-state index is 12.9. The molecule has 0 unspecified atom stereocenters. The van der Waals surface area contributed by atoms with E-state index in [9.17, 15) is 4.79 Å². The monoisotopic (exact) mass is 367 g/mol. The van der Waals surface area contributed by atoms with Gasteiger partial charge in [0.25, 0.3) is 5.91 Å². The van der Waals surface area contributed by atoms with Crippen molar-refractivity contribution in [2.75, 3.05) is 19.0 Å². The van der Waals surface area contributed by atoms with Crippen molar-refractivity contribution in [2.45, 2.75) is 13.5 Å². The third-order valence-corrected chi connectivity index (χ3v) is 4.99. The van der Waals surface area contributed by atoms with Gasteiger partial charge in [0.1, 0.15) is 10.6 Å². The minimum absolute atomic E-state index is 0.177. The second kappa shape index (κ2) is 8.65. The van der Waals surface area contributed by atoms with Gasteiger partial charge in [-0.25, -0.2) is 0 Å². The molecule has 2 aromatic carbocycles. The molecule has 26 heavy (non-hydrogen) atoms. The van der Waals surface area contributed by atoms with Gasteiger partial charge < -0.3 is 14.8 Å². The molecule has 0 fully saturated rings. The third-order valence-electron chi connectivity index (χ3n) is 3.83. The largest absolute Gasteiger partial charge is 0.492 e. The Hall–Kier alpha value is -2.63. The van der Waals surface area contributed by atoms with Crippen molar-refractivity contribution in [3.63, 3.8) is 0 Å². The summed E-state index contributed by atoms with van der Waals surface area (Å²) in [6.45, 7) is 2.86. The van der Waals surface area contributed by atoms with Crippen LogP contribution in [0, 0.1) is 0 Å². The lowest BCUT2D eigenvalue weighted by Crippen LogP contribution is -2.13. The van der Waals surface area contributed by atoms with Crippen molar-refractivity contribution < 1.29 is 14.3 Å². The van der Waals surface area contributed by atoms with E-state index in [2.05, 4.69) is 5.32 Å². The maximum Gasteiger partial charge on any atom is 0.269 e. The third kappa shape index (κ3) is 4.12. The number of rotatable bonds is 7. The van der Waals surface area contributed by atoms with Crippen molar-refractivity contribution in [3.8, 4) is 16.2 Å². The molecule has 3 aromatic rings. The SMILES string of the molecule is CCOc1cc(-c2ccccc2)sc1C(=O)Nc1ccccc1COC. The standard InChI is InChI=1S/C21H21NO3S/c1-3-25-18-13-19(15-9-5-4-6-10-15)26-20(18)21(23)22-17-12-8-7-11-16(17)14-24-2/h4-13H,3,14H2,1-2H3,(H,22,23). The highest BCUT2D eigenvalue weighted by Crippen LogP contribution is 2.37. The zero-order chi connectivity index (χ0) is 18.4. The van der Waals surface area contributed by atoms with E-state index < -0.39 is 0 Å². The molecule has 0 saturated heterocycles. The van der Waals surface area contributed by atoms with Gasteiger partial charge in [0, 0.05) is 23.2 Å². The molecule has 3 rings (SSSR count). The molecule has 0 aliphatic rings. The van der Waals surface area contributed by atoms with E-state index in [1.165, 1.54) is 11.3 Å². The highest BCUT2D eigenvalue weighted by molar-refractivity contribution is 7.17. The van der Waals surface area contributed by atoms with Gasteiger partial charge in [0.15, 0.2) is 0 Å². The fourth-order valence-corrected chi connectivity index (χ4v) is 3.64. The number of thiophene rings is 1. The Morgan fingerprint density at radius 2 is 1.81 bits per heavy atom. The number of hydrogen-bond donors (Lipinski definition) is 1. The minimum atomic E-state index is -0.177. The number of amides is 1. The quantitative estimate of drug-likeness (QED) is 0.623. The van der Waals surface area contributed by atoms with Crippen molar-refractivity contribution in [3.05, 3.63) is 71.1 Å². The maximum absolute atomic E-state index is 12.9. The number of para-hydroxylation sites is 1. The summed E-state index contributed by atoms with van der Waals surface area (Å²) in [5.41, 5.74) is 2.75. The van der Waals surface area contributed by atoms with Crippen LogP contribution in [0.25, 0.3) is 10.4 Å². The zero-order valence-corrected chi connectivity index (χ0v) is 15.6. The van der Waals surface area contributed by atoms with E-state index in [0.29, 0.717) is 23.8 Å². The molecular formula is C21H21NO3S. The molecule has 0 atom stereocenters. The van der Waals surface area contributed by atoms with Crippen LogP contribution >= 0.6 is 11.3 Å². The predicted octanol–water partition coefficient (Wildman–Crippen LogP) is 5.21. The number of carbonyl (C=O) groups excluding carboxylic acids is 1. The van der Waals surface area contributed by atoms with Gasteiger partial charge in [-0.2, -0.15) is 0 Å². The average molecular weight is 367 g/mol. The van der Waals surface area contributed by atoms with Crippen LogP contribution in [0.1, 0.15) is 22.2 Å². The summed E-state index contributed by atoms with van der Waals surface area (Å²) in [5, 5.41) is 2.99. The van der Waals surface area contributed by atoms with Crippen LogP contribution in [0.15, 0.2) is 60.7 Å². The summed E-state index contributed by atoms with van der Waals surface area (Å²) < 4.78 is 10.9. The first-order valence-electron chi connectivity index (χ1n) is 8.43. The lowest BCUT2D eigenvalue weighted by Gasteiger charge is -2.10. The molecule has 0 spiro atoms. The van der Waals surface area contributed by atoms with Crippen LogP contribution in [0.3, 0.4) is 0 Å². The summed E-state index contributed by atoms with van der Waals surface area (Å²) in [6, 6.07) is 19.5. The van der Waals surface area contributed by atoms with Crippen molar-refractivity contribution in [1.29, 1.82) is 0 Å². The number of hydrogen-bond acceptors (Lipinski definition) is 4. The van der Waals surface area contributed by atoms with E-state index in [1.54, 1.807) is 7.11 Å². The van der Waals surface area contributed by atoms with E-state index in [4.69, 9.17) is 9.47 Å². The molecule has 0 radical (unpaired) electrons. The van der Waals surface area contributed by atoms with E-state index >= 15 is 0 Å².